The highest BCUT2D eigenvalue weighted by Crippen LogP contribution is 2.35. The van der Waals surface area contributed by atoms with Crippen molar-refractivity contribution in [3.63, 3.8) is 0 Å². The fourth-order valence-corrected chi connectivity index (χ4v) is 4.31. The summed E-state index contributed by atoms with van der Waals surface area (Å²) < 4.78 is 2.83. The van der Waals surface area contributed by atoms with Gasteiger partial charge >= 0.3 is 0 Å². The Morgan fingerprint density at radius 1 is 1.42 bits per heavy atom. The maximum Gasteiger partial charge on any atom is 0.243 e. The van der Waals surface area contributed by atoms with E-state index in [4.69, 9.17) is 11.6 Å². The van der Waals surface area contributed by atoms with Crippen LogP contribution in [0.5, 0.6) is 0 Å². The van der Waals surface area contributed by atoms with Crippen molar-refractivity contribution in [1.82, 2.24) is 14.6 Å². The lowest BCUT2D eigenvalue weighted by Crippen LogP contribution is -2.05. The van der Waals surface area contributed by atoms with Crippen LogP contribution in [0.4, 0.5) is 5.82 Å². The molecule has 0 aromatic carbocycles. The summed E-state index contributed by atoms with van der Waals surface area (Å²) in [6.07, 6.45) is 6.43. The van der Waals surface area contributed by atoms with Crippen LogP contribution >= 0.6 is 38.9 Å². The van der Waals surface area contributed by atoms with Gasteiger partial charge < -0.3 is 5.32 Å². The fraction of sp³-hybridized carbons (Fsp3) is 0.412. The molecule has 3 heterocycles. The molecule has 0 bridgehead atoms. The number of hydrogen-bond donors (Lipinski definition) is 1. The molecule has 0 spiro atoms. The van der Waals surface area contributed by atoms with Crippen molar-refractivity contribution in [2.45, 2.75) is 38.6 Å². The van der Waals surface area contributed by atoms with Crippen LogP contribution in [0, 0.1) is 5.92 Å². The number of anilines is 1. The van der Waals surface area contributed by atoms with Crippen LogP contribution in [0.3, 0.4) is 0 Å². The largest absolute Gasteiger partial charge is 0.363 e. The first-order chi connectivity index (χ1) is 11.7. The summed E-state index contributed by atoms with van der Waals surface area (Å²) in [7, 11) is 0. The van der Waals surface area contributed by atoms with Crippen molar-refractivity contribution in [3.05, 3.63) is 43.9 Å². The molecule has 3 aromatic heterocycles. The number of nitrogens with zero attached hydrogens (tertiary/aromatic N) is 3. The highest BCUT2D eigenvalue weighted by molar-refractivity contribution is 9.10. The van der Waals surface area contributed by atoms with E-state index in [2.05, 4.69) is 54.9 Å². The SMILES string of the molecule is Clc1nc(NCc2cccs2)c2cc(CCCC3CC3)c(Br)n2n1. The van der Waals surface area contributed by atoms with Gasteiger partial charge in [-0.25, -0.2) is 4.52 Å². The second-order valence-corrected chi connectivity index (χ2v) is 8.38. The van der Waals surface area contributed by atoms with Gasteiger partial charge in [0, 0.05) is 4.88 Å². The second kappa shape index (κ2) is 7.02. The van der Waals surface area contributed by atoms with Gasteiger partial charge in [0.2, 0.25) is 5.28 Å². The summed E-state index contributed by atoms with van der Waals surface area (Å²) in [5.41, 5.74) is 2.23. The second-order valence-electron chi connectivity index (χ2n) is 6.26. The zero-order valence-electron chi connectivity index (χ0n) is 13.1. The minimum absolute atomic E-state index is 0.247. The van der Waals surface area contributed by atoms with Gasteiger partial charge in [-0.05, 0) is 69.4 Å². The average molecular weight is 426 g/mol. The van der Waals surface area contributed by atoms with Crippen LogP contribution in [0.25, 0.3) is 5.52 Å². The van der Waals surface area contributed by atoms with Crippen molar-refractivity contribution in [1.29, 1.82) is 0 Å². The molecule has 4 rings (SSSR count). The van der Waals surface area contributed by atoms with E-state index in [9.17, 15) is 0 Å². The number of aromatic nitrogens is 3. The molecule has 0 saturated heterocycles. The first-order valence-corrected chi connectivity index (χ1v) is 10.3. The summed E-state index contributed by atoms with van der Waals surface area (Å²) in [5.74, 6) is 1.75. The molecular weight excluding hydrogens is 408 g/mol. The first kappa shape index (κ1) is 16.4. The highest BCUT2D eigenvalue weighted by atomic mass is 79.9. The normalized spacial score (nSPS) is 14.4. The quantitative estimate of drug-likeness (QED) is 0.539. The van der Waals surface area contributed by atoms with E-state index in [0.29, 0.717) is 0 Å². The Morgan fingerprint density at radius 2 is 2.29 bits per heavy atom. The van der Waals surface area contributed by atoms with Gasteiger partial charge in [0.15, 0.2) is 5.82 Å². The van der Waals surface area contributed by atoms with Crippen LogP contribution in [0.15, 0.2) is 28.2 Å². The molecule has 1 N–H and O–H groups in total. The number of aryl methyl sites for hydroxylation is 1. The minimum Gasteiger partial charge on any atom is -0.363 e. The molecule has 0 amide bonds. The molecule has 0 aliphatic heterocycles. The predicted octanol–water partition coefficient (Wildman–Crippen LogP) is 5.55. The number of rotatable bonds is 7. The van der Waals surface area contributed by atoms with Crippen molar-refractivity contribution < 1.29 is 0 Å². The summed E-state index contributed by atoms with van der Waals surface area (Å²) in [6.45, 7) is 0.737. The average Bonchev–Trinajstić information content (AvgIpc) is 3.14. The first-order valence-electron chi connectivity index (χ1n) is 8.20. The molecule has 0 unspecified atom stereocenters. The lowest BCUT2D eigenvalue weighted by Gasteiger charge is -2.06. The van der Waals surface area contributed by atoms with E-state index in [-0.39, 0.29) is 5.28 Å². The van der Waals surface area contributed by atoms with Crippen LogP contribution in [0.1, 0.15) is 36.1 Å². The molecule has 0 atom stereocenters. The molecular formula is C17H18BrClN4S. The molecule has 126 valence electrons. The summed E-state index contributed by atoms with van der Waals surface area (Å²) >= 11 is 11.5. The molecule has 24 heavy (non-hydrogen) atoms. The van der Waals surface area contributed by atoms with E-state index in [0.717, 1.165) is 34.8 Å². The van der Waals surface area contributed by atoms with Gasteiger partial charge in [0.05, 0.1) is 6.54 Å². The van der Waals surface area contributed by atoms with Crippen LogP contribution in [-0.4, -0.2) is 14.6 Å². The Hall–Kier alpha value is -1.11. The van der Waals surface area contributed by atoms with Crippen LogP contribution in [-0.2, 0) is 13.0 Å². The lowest BCUT2D eigenvalue weighted by atomic mass is 10.1. The number of halogens is 2. The monoisotopic (exact) mass is 424 g/mol. The minimum atomic E-state index is 0.247. The molecule has 4 nitrogen and oxygen atoms in total. The standard InChI is InChI=1S/C17H18BrClN4S/c18-15-12(4-1-3-11-6-7-11)9-14-16(21-17(19)22-23(14)15)20-10-13-5-2-8-24-13/h2,5,8-9,11H,1,3-4,6-7,10H2,(H,20,21,22). The van der Waals surface area contributed by atoms with Crippen LogP contribution < -0.4 is 5.32 Å². The molecule has 7 heteroatoms. The maximum atomic E-state index is 6.12. The van der Waals surface area contributed by atoms with Gasteiger partial charge in [-0.2, -0.15) is 4.98 Å². The van der Waals surface area contributed by atoms with Gasteiger partial charge in [0.25, 0.3) is 0 Å². The van der Waals surface area contributed by atoms with Gasteiger partial charge in [-0.15, -0.1) is 16.4 Å². The predicted molar refractivity (Wildman–Crippen MR) is 103 cm³/mol. The van der Waals surface area contributed by atoms with Crippen LogP contribution in [0.2, 0.25) is 5.28 Å². The van der Waals surface area contributed by atoms with E-state index in [1.165, 1.54) is 36.1 Å². The third kappa shape index (κ3) is 3.60. The number of nitrogens with one attached hydrogen (secondary N) is 1. The van der Waals surface area contributed by atoms with E-state index >= 15 is 0 Å². The molecule has 3 aromatic rings. The topological polar surface area (TPSA) is 42.2 Å². The Labute approximate surface area is 158 Å². The number of fused-ring (bicyclic) bond motifs is 1. The van der Waals surface area contributed by atoms with Crippen molar-refractivity contribution in [2.24, 2.45) is 5.92 Å². The summed E-state index contributed by atoms with van der Waals surface area (Å²) in [6, 6.07) is 6.33. The maximum absolute atomic E-state index is 6.12. The fourth-order valence-electron chi connectivity index (χ4n) is 2.93. The third-order valence-corrected chi connectivity index (χ3v) is 6.27. The smallest absolute Gasteiger partial charge is 0.243 e. The molecule has 1 saturated carbocycles. The van der Waals surface area contributed by atoms with Crippen molar-refractivity contribution in [2.75, 3.05) is 5.32 Å². The number of thiophene rings is 1. The zero-order chi connectivity index (χ0) is 16.5. The molecule has 1 fully saturated rings. The van der Waals surface area contributed by atoms with Crippen molar-refractivity contribution in [3.8, 4) is 0 Å². The van der Waals surface area contributed by atoms with E-state index < -0.39 is 0 Å². The Balaban J connectivity index is 1.57. The summed E-state index contributed by atoms with van der Waals surface area (Å²) in [4.78, 5) is 5.64. The highest BCUT2D eigenvalue weighted by Gasteiger charge is 2.21. The molecule has 1 aliphatic carbocycles. The van der Waals surface area contributed by atoms with Gasteiger partial charge in [-0.1, -0.05) is 25.3 Å². The lowest BCUT2D eigenvalue weighted by molar-refractivity contribution is 0.664. The van der Waals surface area contributed by atoms with Gasteiger partial charge in [0.1, 0.15) is 10.1 Å². The van der Waals surface area contributed by atoms with E-state index in [1.807, 2.05) is 4.52 Å². The summed E-state index contributed by atoms with van der Waals surface area (Å²) in [5, 5.41) is 10.1. The Kier molecular flexibility index (Phi) is 4.79. The molecule has 0 radical (unpaired) electrons. The Morgan fingerprint density at radius 3 is 3.04 bits per heavy atom. The molecule has 1 aliphatic rings. The number of hydrogen-bond acceptors (Lipinski definition) is 4. The van der Waals surface area contributed by atoms with Gasteiger partial charge in [-0.3, -0.25) is 0 Å². The van der Waals surface area contributed by atoms with E-state index in [1.54, 1.807) is 11.3 Å². The third-order valence-electron chi connectivity index (χ3n) is 4.38. The van der Waals surface area contributed by atoms with Crippen molar-refractivity contribution >= 4 is 50.2 Å². The zero-order valence-corrected chi connectivity index (χ0v) is 16.3. The Bertz CT molecular complexity index is 842.